The number of hydrogen-bond donors (Lipinski definition) is 1. The van der Waals surface area contributed by atoms with E-state index in [-0.39, 0.29) is 11.1 Å². The van der Waals surface area contributed by atoms with Crippen molar-refractivity contribution >= 4 is 21.6 Å². The molecule has 2 fully saturated rings. The fourth-order valence-corrected chi connectivity index (χ4v) is 4.09. The number of nitrogens with one attached hydrogen (secondary N) is 1. The van der Waals surface area contributed by atoms with E-state index < -0.39 is 0 Å². The van der Waals surface area contributed by atoms with Gasteiger partial charge in [0.2, 0.25) is 0 Å². The zero-order chi connectivity index (χ0) is 13.8. The summed E-state index contributed by atoms with van der Waals surface area (Å²) in [6.45, 7) is 7.63. The summed E-state index contributed by atoms with van der Waals surface area (Å²) in [6.07, 6.45) is 1.79. The minimum Gasteiger partial charge on any atom is -0.363 e. The first kappa shape index (κ1) is 13.1. The third-order valence-electron chi connectivity index (χ3n) is 4.71. The number of nitrogens with zero attached hydrogens (tertiary/aromatic N) is 3. The SMILES string of the molecule is Cn1ncc(N2CC3CNCC3C2(C)C)c(Br)c1=O. The van der Waals surface area contributed by atoms with Crippen molar-refractivity contribution in [3.63, 3.8) is 0 Å². The highest BCUT2D eigenvalue weighted by Gasteiger charge is 2.50. The summed E-state index contributed by atoms with van der Waals surface area (Å²) >= 11 is 3.44. The van der Waals surface area contributed by atoms with Crippen molar-refractivity contribution in [1.82, 2.24) is 15.1 Å². The molecule has 3 heterocycles. The van der Waals surface area contributed by atoms with Crippen LogP contribution in [0.2, 0.25) is 0 Å². The monoisotopic (exact) mass is 326 g/mol. The Morgan fingerprint density at radius 2 is 2.21 bits per heavy atom. The highest BCUT2D eigenvalue weighted by Crippen LogP contribution is 2.44. The Kier molecular flexibility index (Phi) is 2.98. The number of anilines is 1. The lowest BCUT2D eigenvalue weighted by atomic mass is 9.85. The van der Waals surface area contributed by atoms with Crippen LogP contribution >= 0.6 is 15.9 Å². The number of hydrogen-bond acceptors (Lipinski definition) is 4. The fourth-order valence-electron chi connectivity index (χ4n) is 3.52. The van der Waals surface area contributed by atoms with E-state index in [9.17, 15) is 4.79 Å². The molecule has 0 aromatic carbocycles. The van der Waals surface area contributed by atoms with Gasteiger partial charge >= 0.3 is 0 Å². The van der Waals surface area contributed by atoms with E-state index >= 15 is 0 Å². The van der Waals surface area contributed by atoms with Crippen LogP contribution in [-0.4, -0.2) is 35.0 Å². The first-order valence-corrected chi connectivity index (χ1v) is 7.42. The van der Waals surface area contributed by atoms with E-state index in [0.717, 1.165) is 25.3 Å². The van der Waals surface area contributed by atoms with Crippen LogP contribution < -0.4 is 15.8 Å². The molecule has 2 unspecified atom stereocenters. The third kappa shape index (κ3) is 1.84. The number of aryl methyl sites for hydroxylation is 1. The van der Waals surface area contributed by atoms with Gasteiger partial charge in [-0.25, -0.2) is 4.68 Å². The average molecular weight is 327 g/mol. The van der Waals surface area contributed by atoms with Crippen molar-refractivity contribution in [2.75, 3.05) is 24.5 Å². The second-order valence-electron chi connectivity index (χ2n) is 6.06. The Hall–Kier alpha value is -0.880. The molecule has 1 aromatic rings. The van der Waals surface area contributed by atoms with E-state index in [1.807, 2.05) is 0 Å². The Morgan fingerprint density at radius 3 is 2.89 bits per heavy atom. The van der Waals surface area contributed by atoms with Crippen molar-refractivity contribution in [3.05, 3.63) is 21.0 Å². The quantitative estimate of drug-likeness (QED) is 0.835. The van der Waals surface area contributed by atoms with E-state index in [4.69, 9.17) is 0 Å². The topological polar surface area (TPSA) is 50.2 Å². The van der Waals surface area contributed by atoms with Crippen molar-refractivity contribution in [2.45, 2.75) is 19.4 Å². The molecule has 0 radical (unpaired) electrons. The van der Waals surface area contributed by atoms with Crippen LogP contribution in [0, 0.1) is 11.8 Å². The molecule has 1 N–H and O–H groups in total. The molecule has 5 nitrogen and oxygen atoms in total. The van der Waals surface area contributed by atoms with Crippen molar-refractivity contribution in [1.29, 1.82) is 0 Å². The normalized spacial score (nSPS) is 28.7. The lowest BCUT2D eigenvalue weighted by molar-refractivity contribution is 0.356. The van der Waals surface area contributed by atoms with Crippen LogP contribution in [-0.2, 0) is 7.05 Å². The summed E-state index contributed by atoms with van der Waals surface area (Å²) in [7, 11) is 1.67. The van der Waals surface area contributed by atoms with Gasteiger partial charge in [-0.1, -0.05) is 0 Å². The molecule has 2 saturated heterocycles. The van der Waals surface area contributed by atoms with Gasteiger partial charge in [0.1, 0.15) is 4.47 Å². The maximum atomic E-state index is 12.0. The molecule has 104 valence electrons. The van der Waals surface area contributed by atoms with Gasteiger partial charge in [-0.05, 0) is 41.6 Å². The van der Waals surface area contributed by atoms with Crippen LogP contribution in [0.3, 0.4) is 0 Å². The van der Waals surface area contributed by atoms with Crippen molar-refractivity contribution < 1.29 is 0 Å². The van der Waals surface area contributed by atoms with Gasteiger partial charge < -0.3 is 10.2 Å². The van der Waals surface area contributed by atoms with Gasteiger partial charge in [0.15, 0.2) is 0 Å². The molecule has 3 rings (SSSR count). The first-order valence-electron chi connectivity index (χ1n) is 6.63. The minimum absolute atomic E-state index is 0.0464. The first-order chi connectivity index (χ1) is 8.93. The lowest BCUT2D eigenvalue weighted by Gasteiger charge is -2.37. The highest BCUT2D eigenvalue weighted by atomic mass is 79.9. The predicted molar refractivity (Wildman–Crippen MR) is 78.5 cm³/mol. The van der Waals surface area contributed by atoms with E-state index in [1.165, 1.54) is 4.68 Å². The number of halogens is 1. The zero-order valence-electron chi connectivity index (χ0n) is 11.5. The molecular weight excluding hydrogens is 308 g/mol. The third-order valence-corrected chi connectivity index (χ3v) is 5.46. The summed E-state index contributed by atoms with van der Waals surface area (Å²) in [5.41, 5.74) is 0.885. The number of aromatic nitrogens is 2. The van der Waals surface area contributed by atoms with E-state index in [2.05, 4.69) is 45.1 Å². The summed E-state index contributed by atoms with van der Waals surface area (Å²) < 4.78 is 1.98. The van der Waals surface area contributed by atoms with Gasteiger partial charge in [0.25, 0.3) is 5.56 Å². The van der Waals surface area contributed by atoms with Crippen LogP contribution in [0.1, 0.15) is 13.8 Å². The molecule has 0 bridgehead atoms. The van der Waals surface area contributed by atoms with Gasteiger partial charge in [-0.2, -0.15) is 5.10 Å². The molecule has 0 saturated carbocycles. The van der Waals surface area contributed by atoms with Gasteiger partial charge in [-0.3, -0.25) is 4.79 Å². The number of rotatable bonds is 1. The van der Waals surface area contributed by atoms with Crippen LogP contribution in [0.15, 0.2) is 15.5 Å². The van der Waals surface area contributed by atoms with E-state index in [1.54, 1.807) is 13.2 Å². The highest BCUT2D eigenvalue weighted by molar-refractivity contribution is 9.10. The molecular formula is C13H19BrN4O. The maximum absolute atomic E-state index is 12.0. The molecule has 19 heavy (non-hydrogen) atoms. The molecule has 2 aliphatic heterocycles. The lowest BCUT2D eigenvalue weighted by Crippen LogP contribution is -2.45. The van der Waals surface area contributed by atoms with E-state index in [0.29, 0.717) is 16.3 Å². The minimum atomic E-state index is -0.0801. The van der Waals surface area contributed by atoms with Gasteiger partial charge in [0, 0.05) is 32.2 Å². The van der Waals surface area contributed by atoms with Crippen LogP contribution in [0.5, 0.6) is 0 Å². The van der Waals surface area contributed by atoms with Crippen molar-refractivity contribution in [3.8, 4) is 0 Å². The summed E-state index contributed by atoms with van der Waals surface area (Å²) in [5, 5.41) is 7.63. The molecule has 0 amide bonds. The summed E-state index contributed by atoms with van der Waals surface area (Å²) in [4.78, 5) is 14.4. The second kappa shape index (κ2) is 4.31. The Bertz CT molecular complexity index is 568. The largest absolute Gasteiger partial charge is 0.363 e. The van der Waals surface area contributed by atoms with Crippen molar-refractivity contribution in [2.24, 2.45) is 18.9 Å². The zero-order valence-corrected chi connectivity index (χ0v) is 13.1. The molecule has 0 spiro atoms. The number of fused-ring (bicyclic) bond motifs is 1. The fraction of sp³-hybridized carbons (Fsp3) is 0.692. The Balaban J connectivity index is 2.04. The van der Waals surface area contributed by atoms with Gasteiger partial charge in [0.05, 0.1) is 11.9 Å². The molecule has 2 aliphatic rings. The Labute approximate surface area is 121 Å². The molecule has 6 heteroatoms. The predicted octanol–water partition coefficient (Wildman–Crippen LogP) is 0.977. The summed E-state index contributed by atoms with van der Waals surface area (Å²) in [5.74, 6) is 1.29. The molecule has 2 atom stereocenters. The average Bonchev–Trinajstić information content (AvgIpc) is 2.90. The maximum Gasteiger partial charge on any atom is 0.282 e. The molecule has 0 aliphatic carbocycles. The van der Waals surface area contributed by atoms with Crippen LogP contribution in [0.25, 0.3) is 0 Å². The van der Waals surface area contributed by atoms with Gasteiger partial charge in [-0.15, -0.1) is 0 Å². The smallest absolute Gasteiger partial charge is 0.282 e. The second-order valence-corrected chi connectivity index (χ2v) is 6.85. The standard InChI is InChI=1S/C13H19BrN4O/c1-13(2)9-5-15-4-8(9)7-18(13)10-6-16-17(3)12(19)11(10)14/h6,8-9,15H,4-5,7H2,1-3H3. The Morgan fingerprint density at radius 1 is 1.47 bits per heavy atom. The van der Waals surface area contributed by atoms with Crippen LogP contribution in [0.4, 0.5) is 5.69 Å². The summed E-state index contributed by atoms with van der Waals surface area (Å²) in [6, 6.07) is 0. The molecule has 1 aromatic heterocycles.